The van der Waals surface area contributed by atoms with Gasteiger partial charge in [0, 0.05) is 45.7 Å². The van der Waals surface area contributed by atoms with Crippen molar-refractivity contribution >= 4 is 11.9 Å². The summed E-state index contributed by atoms with van der Waals surface area (Å²) in [6.07, 6.45) is 1.20. The van der Waals surface area contributed by atoms with Gasteiger partial charge in [-0.1, -0.05) is 44.2 Å². The summed E-state index contributed by atoms with van der Waals surface area (Å²) in [7, 11) is 3.92. The average Bonchev–Trinajstić information content (AvgIpc) is 3.00. The van der Waals surface area contributed by atoms with Crippen LogP contribution in [0.5, 0.6) is 0 Å². The highest BCUT2D eigenvalue weighted by atomic mass is 15.3. The molecule has 0 bridgehead atoms. The number of nitrogens with one attached hydrogen (secondary N) is 1. The molecule has 1 fully saturated rings. The van der Waals surface area contributed by atoms with Crippen LogP contribution in [0.25, 0.3) is 0 Å². The lowest BCUT2D eigenvalue weighted by molar-refractivity contribution is 0.256. The van der Waals surface area contributed by atoms with Gasteiger partial charge in [0.05, 0.1) is 0 Å². The zero-order valence-electron chi connectivity index (χ0n) is 17.2. The molecule has 1 aliphatic heterocycles. The molecule has 1 N–H and O–H groups in total. The van der Waals surface area contributed by atoms with Crippen LogP contribution in [0.2, 0.25) is 0 Å². The van der Waals surface area contributed by atoms with Gasteiger partial charge in [0.15, 0.2) is 0 Å². The Kier molecular flexibility index (Phi) is 6.26. The minimum atomic E-state index is 0.278. The van der Waals surface area contributed by atoms with Gasteiger partial charge in [-0.15, -0.1) is 0 Å². The van der Waals surface area contributed by atoms with Crippen molar-refractivity contribution in [2.45, 2.75) is 45.7 Å². The molecule has 6 heteroatoms. The summed E-state index contributed by atoms with van der Waals surface area (Å²) in [4.78, 5) is 18.2. The summed E-state index contributed by atoms with van der Waals surface area (Å²) in [6.45, 7) is 9.56. The van der Waals surface area contributed by atoms with Gasteiger partial charge < -0.3 is 10.2 Å². The number of rotatable bonds is 7. The number of nitrogens with zero attached hydrogens (tertiary/aromatic N) is 5. The number of likely N-dealkylation sites (tertiary alicyclic amines) is 1. The zero-order chi connectivity index (χ0) is 19.4. The maximum atomic E-state index is 4.61. The third-order valence-electron chi connectivity index (χ3n) is 5.13. The van der Waals surface area contributed by atoms with Crippen molar-refractivity contribution in [1.29, 1.82) is 0 Å². The summed E-state index contributed by atoms with van der Waals surface area (Å²) in [5, 5.41) is 3.47. The zero-order valence-corrected chi connectivity index (χ0v) is 17.2. The second kappa shape index (κ2) is 8.65. The van der Waals surface area contributed by atoms with E-state index in [-0.39, 0.29) is 5.92 Å². The minimum Gasteiger partial charge on any atom is -0.354 e. The van der Waals surface area contributed by atoms with Crippen LogP contribution in [0.3, 0.4) is 0 Å². The maximum absolute atomic E-state index is 4.61. The number of benzene rings is 1. The van der Waals surface area contributed by atoms with E-state index in [0.29, 0.717) is 23.9 Å². The standard InChI is InChI=1S/C21H32N6/c1-15(2)19-23-20(25-21(24-19)26(4)5)22-12-18-11-16(3)27(14-18)13-17-9-7-6-8-10-17/h6-10,15-16,18H,11-14H2,1-5H3,(H,22,23,24,25). The van der Waals surface area contributed by atoms with E-state index in [1.165, 1.54) is 12.0 Å². The minimum absolute atomic E-state index is 0.278. The Morgan fingerprint density at radius 2 is 1.89 bits per heavy atom. The molecule has 2 atom stereocenters. The fourth-order valence-electron chi connectivity index (χ4n) is 3.56. The van der Waals surface area contributed by atoms with Crippen LogP contribution >= 0.6 is 0 Å². The third kappa shape index (κ3) is 5.16. The molecule has 0 aliphatic carbocycles. The lowest BCUT2D eigenvalue weighted by Gasteiger charge is -2.21. The first-order valence-corrected chi connectivity index (χ1v) is 9.87. The molecular weight excluding hydrogens is 336 g/mol. The van der Waals surface area contributed by atoms with Crippen molar-refractivity contribution in [2.75, 3.05) is 37.4 Å². The van der Waals surface area contributed by atoms with Crippen molar-refractivity contribution in [3.8, 4) is 0 Å². The lowest BCUT2D eigenvalue weighted by Crippen LogP contribution is -2.27. The highest BCUT2D eigenvalue weighted by molar-refractivity contribution is 5.36. The van der Waals surface area contributed by atoms with Crippen molar-refractivity contribution in [1.82, 2.24) is 19.9 Å². The summed E-state index contributed by atoms with van der Waals surface area (Å²) in [5.74, 6) is 3.11. The molecule has 2 aromatic rings. The van der Waals surface area contributed by atoms with Crippen LogP contribution in [0.1, 0.15) is 44.5 Å². The van der Waals surface area contributed by atoms with Gasteiger partial charge in [0.25, 0.3) is 0 Å². The Morgan fingerprint density at radius 1 is 1.15 bits per heavy atom. The SMILES string of the molecule is CC(C)c1nc(NCC2CC(C)N(Cc3ccccc3)C2)nc(N(C)C)n1. The predicted molar refractivity (Wildman–Crippen MR) is 111 cm³/mol. The normalized spacial score (nSPS) is 20.2. The molecule has 6 nitrogen and oxygen atoms in total. The summed E-state index contributed by atoms with van der Waals surface area (Å²) >= 11 is 0. The largest absolute Gasteiger partial charge is 0.354 e. The average molecular weight is 369 g/mol. The third-order valence-corrected chi connectivity index (χ3v) is 5.13. The van der Waals surface area contributed by atoms with Gasteiger partial charge in [-0.2, -0.15) is 15.0 Å². The Balaban J connectivity index is 1.60. The Morgan fingerprint density at radius 3 is 2.56 bits per heavy atom. The first-order chi connectivity index (χ1) is 12.9. The Bertz CT molecular complexity index is 704. The molecule has 0 spiro atoms. The van der Waals surface area contributed by atoms with E-state index in [9.17, 15) is 0 Å². The second-order valence-corrected chi connectivity index (χ2v) is 8.11. The first kappa shape index (κ1) is 19.5. The summed E-state index contributed by atoms with van der Waals surface area (Å²) in [6, 6.07) is 11.3. The van der Waals surface area contributed by atoms with Gasteiger partial charge in [0.1, 0.15) is 5.82 Å². The highest BCUT2D eigenvalue weighted by Gasteiger charge is 2.29. The van der Waals surface area contributed by atoms with Crippen LogP contribution in [-0.4, -0.2) is 53.1 Å². The van der Waals surface area contributed by atoms with Gasteiger partial charge in [-0.05, 0) is 24.8 Å². The first-order valence-electron chi connectivity index (χ1n) is 9.87. The summed E-state index contributed by atoms with van der Waals surface area (Å²) < 4.78 is 0. The number of hydrogen-bond donors (Lipinski definition) is 1. The molecule has 2 heterocycles. The molecule has 1 aromatic carbocycles. The quantitative estimate of drug-likeness (QED) is 0.808. The van der Waals surface area contributed by atoms with E-state index in [4.69, 9.17) is 0 Å². The van der Waals surface area contributed by atoms with Crippen molar-refractivity contribution in [3.63, 3.8) is 0 Å². The molecule has 146 valence electrons. The fraction of sp³-hybridized carbons (Fsp3) is 0.571. The van der Waals surface area contributed by atoms with Crippen molar-refractivity contribution in [2.24, 2.45) is 5.92 Å². The molecule has 1 saturated heterocycles. The van der Waals surface area contributed by atoms with E-state index in [0.717, 1.165) is 25.5 Å². The van der Waals surface area contributed by atoms with E-state index < -0.39 is 0 Å². The van der Waals surface area contributed by atoms with E-state index in [1.54, 1.807) is 0 Å². The van der Waals surface area contributed by atoms with Crippen molar-refractivity contribution in [3.05, 3.63) is 41.7 Å². The van der Waals surface area contributed by atoms with Crippen LogP contribution in [-0.2, 0) is 6.54 Å². The molecule has 0 radical (unpaired) electrons. The second-order valence-electron chi connectivity index (χ2n) is 8.11. The van der Waals surface area contributed by atoms with Crippen LogP contribution in [0.4, 0.5) is 11.9 Å². The Hall–Kier alpha value is -2.21. The van der Waals surface area contributed by atoms with Gasteiger partial charge in [0.2, 0.25) is 11.9 Å². The molecule has 1 aliphatic rings. The fourth-order valence-corrected chi connectivity index (χ4v) is 3.56. The molecule has 3 rings (SSSR count). The topological polar surface area (TPSA) is 57.2 Å². The summed E-state index contributed by atoms with van der Waals surface area (Å²) in [5.41, 5.74) is 1.38. The van der Waals surface area contributed by atoms with Crippen molar-refractivity contribution < 1.29 is 0 Å². The Labute approximate surface area is 163 Å². The number of hydrogen-bond acceptors (Lipinski definition) is 6. The van der Waals surface area contributed by atoms with Gasteiger partial charge >= 0.3 is 0 Å². The van der Waals surface area contributed by atoms with E-state index in [1.807, 2.05) is 19.0 Å². The van der Waals surface area contributed by atoms with Gasteiger partial charge in [-0.25, -0.2) is 0 Å². The monoisotopic (exact) mass is 368 g/mol. The molecule has 0 amide bonds. The van der Waals surface area contributed by atoms with Crippen LogP contribution < -0.4 is 10.2 Å². The maximum Gasteiger partial charge on any atom is 0.229 e. The smallest absolute Gasteiger partial charge is 0.229 e. The van der Waals surface area contributed by atoms with Gasteiger partial charge in [-0.3, -0.25) is 4.90 Å². The molecular formula is C21H32N6. The van der Waals surface area contributed by atoms with E-state index >= 15 is 0 Å². The molecule has 27 heavy (non-hydrogen) atoms. The van der Waals surface area contributed by atoms with E-state index in [2.05, 4.69) is 76.3 Å². The lowest BCUT2D eigenvalue weighted by atomic mass is 10.1. The number of anilines is 2. The van der Waals surface area contributed by atoms with Crippen LogP contribution in [0.15, 0.2) is 30.3 Å². The van der Waals surface area contributed by atoms with Crippen LogP contribution in [0, 0.1) is 5.92 Å². The molecule has 1 aromatic heterocycles. The highest BCUT2D eigenvalue weighted by Crippen LogP contribution is 2.25. The molecule has 2 unspecified atom stereocenters. The molecule has 0 saturated carbocycles. The number of aromatic nitrogens is 3. The predicted octanol–water partition coefficient (Wildman–Crippen LogP) is 3.38.